The van der Waals surface area contributed by atoms with Gasteiger partial charge in [0.1, 0.15) is 0 Å². The molecule has 102 valence electrons. The number of carbonyl (C=O) groups excluding carboxylic acids is 1. The molecule has 0 radical (unpaired) electrons. The van der Waals surface area contributed by atoms with E-state index in [-0.39, 0.29) is 11.0 Å². The van der Waals surface area contributed by atoms with E-state index in [0.717, 1.165) is 16.0 Å². The van der Waals surface area contributed by atoms with Gasteiger partial charge in [-0.25, -0.2) is 0 Å². The fraction of sp³-hybridized carbons (Fsp3) is 0.167. The van der Waals surface area contributed by atoms with E-state index in [9.17, 15) is 4.79 Å². The maximum absolute atomic E-state index is 12.6. The zero-order valence-corrected chi connectivity index (χ0v) is 12.4. The van der Waals surface area contributed by atoms with E-state index < -0.39 is 0 Å². The highest BCUT2D eigenvalue weighted by Crippen LogP contribution is 2.29. The van der Waals surface area contributed by atoms with Gasteiger partial charge >= 0.3 is 0 Å². The molecule has 20 heavy (non-hydrogen) atoms. The third kappa shape index (κ3) is 4.10. The molecule has 2 heteroatoms. The summed E-state index contributed by atoms with van der Waals surface area (Å²) < 4.78 is 0. The van der Waals surface area contributed by atoms with Crippen molar-refractivity contribution in [2.45, 2.75) is 23.5 Å². The van der Waals surface area contributed by atoms with Gasteiger partial charge < -0.3 is 0 Å². The topological polar surface area (TPSA) is 17.1 Å². The lowest BCUT2D eigenvalue weighted by molar-refractivity contribution is 0.0989. The zero-order valence-electron chi connectivity index (χ0n) is 11.6. The van der Waals surface area contributed by atoms with E-state index in [0.29, 0.717) is 6.42 Å². The molecule has 0 aliphatic carbocycles. The van der Waals surface area contributed by atoms with Gasteiger partial charge in [-0.3, -0.25) is 4.79 Å². The van der Waals surface area contributed by atoms with Gasteiger partial charge in [-0.15, -0.1) is 18.3 Å². The Balaban J connectivity index is 2.19. The van der Waals surface area contributed by atoms with E-state index in [4.69, 9.17) is 0 Å². The van der Waals surface area contributed by atoms with E-state index >= 15 is 0 Å². The van der Waals surface area contributed by atoms with Crippen LogP contribution in [0.2, 0.25) is 0 Å². The third-order valence-electron chi connectivity index (χ3n) is 2.91. The van der Waals surface area contributed by atoms with E-state index in [1.54, 1.807) is 11.8 Å². The first kappa shape index (κ1) is 14.6. The fourth-order valence-corrected chi connectivity index (χ4v) is 3.21. The van der Waals surface area contributed by atoms with Crippen LogP contribution in [0.1, 0.15) is 23.7 Å². The van der Waals surface area contributed by atoms with Crippen molar-refractivity contribution in [2.75, 3.05) is 0 Å². The van der Waals surface area contributed by atoms with Crippen LogP contribution in [0.15, 0.2) is 77.7 Å². The van der Waals surface area contributed by atoms with E-state index in [1.807, 2.05) is 67.6 Å². The summed E-state index contributed by atoms with van der Waals surface area (Å²) in [4.78, 5) is 13.7. The molecule has 2 aromatic rings. The van der Waals surface area contributed by atoms with Gasteiger partial charge in [0.15, 0.2) is 5.78 Å². The zero-order chi connectivity index (χ0) is 14.4. The van der Waals surface area contributed by atoms with Gasteiger partial charge in [0, 0.05) is 10.5 Å². The summed E-state index contributed by atoms with van der Waals surface area (Å²) in [5.74, 6) is 0.169. The van der Waals surface area contributed by atoms with Crippen LogP contribution < -0.4 is 0 Å². The molecule has 0 aliphatic heterocycles. The summed E-state index contributed by atoms with van der Waals surface area (Å²) in [6.07, 6.45) is 0.702. The third-order valence-corrected chi connectivity index (χ3v) is 4.12. The van der Waals surface area contributed by atoms with Crippen LogP contribution >= 0.6 is 11.8 Å². The van der Waals surface area contributed by atoms with Gasteiger partial charge in [-0.2, -0.15) is 0 Å². The van der Waals surface area contributed by atoms with Crippen molar-refractivity contribution < 1.29 is 4.79 Å². The molecule has 0 saturated carbocycles. The monoisotopic (exact) mass is 282 g/mol. The number of rotatable bonds is 6. The minimum Gasteiger partial charge on any atom is -0.293 e. The molecule has 0 N–H and O–H groups in total. The molecular formula is C18H18OS. The molecule has 1 atom stereocenters. The van der Waals surface area contributed by atoms with Gasteiger partial charge in [-0.1, -0.05) is 54.1 Å². The van der Waals surface area contributed by atoms with Crippen molar-refractivity contribution in [2.24, 2.45) is 0 Å². The minimum atomic E-state index is -0.114. The molecule has 0 saturated heterocycles. The Bertz CT molecular complexity index is 575. The first-order valence-electron chi connectivity index (χ1n) is 6.62. The summed E-state index contributed by atoms with van der Waals surface area (Å²) in [5, 5.41) is -0.114. The van der Waals surface area contributed by atoms with Crippen LogP contribution in [0.25, 0.3) is 0 Å². The Morgan fingerprint density at radius 3 is 2.15 bits per heavy atom. The molecule has 0 spiro atoms. The van der Waals surface area contributed by atoms with Crippen molar-refractivity contribution in [1.82, 2.24) is 0 Å². The number of Topliss-reactive ketones (excluding diaryl/α,β-unsaturated/α-hetero) is 1. The molecule has 1 unspecified atom stereocenters. The largest absolute Gasteiger partial charge is 0.293 e. The fourth-order valence-electron chi connectivity index (χ4n) is 1.96. The van der Waals surface area contributed by atoms with Crippen molar-refractivity contribution in [3.05, 3.63) is 78.4 Å². The average molecular weight is 282 g/mol. The summed E-state index contributed by atoms with van der Waals surface area (Å²) in [6, 6.07) is 19.5. The van der Waals surface area contributed by atoms with Crippen molar-refractivity contribution in [3.63, 3.8) is 0 Å². The number of benzene rings is 2. The van der Waals surface area contributed by atoms with E-state index in [2.05, 4.69) is 6.58 Å². The van der Waals surface area contributed by atoms with Gasteiger partial charge in [0.05, 0.1) is 5.25 Å². The highest BCUT2D eigenvalue weighted by atomic mass is 32.2. The van der Waals surface area contributed by atoms with Crippen LogP contribution in [0.4, 0.5) is 0 Å². The maximum atomic E-state index is 12.6. The van der Waals surface area contributed by atoms with Crippen molar-refractivity contribution in [3.8, 4) is 0 Å². The molecule has 0 bridgehead atoms. The van der Waals surface area contributed by atoms with Crippen molar-refractivity contribution >= 4 is 17.5 Å². The molecule has 0 aromatic heterocycles. The molecule has 0 amide bonds. The van der Waals surface area contributed by atoms with Crippen molar-refractivity contribution in [1.29, 1.82) is 0 Å². The minimum absolute atomic E-state index is 0.114. The average Bonchev–Trinajstić information content (AvgIpc) is 2.47. The van der Waals surface area contributed by atoms with E-state index in [1.165, 1.54) is 0 Å². The SMILES string of the molecule is C=C(C)CC(Sc1ccccc1)C(=O)c1ccccc1. The van der Waals surface area contributed by atoms with Crippen LogP contribution in [0, 0.1) is 0 Å². The molecule has 0 aliphatic rings. The predicted octanol–water partition coefficient (Wildman–Crippen LogP) is 5.00. The second kappa shape index (κ2) is 7.11. The molecule has 2 aromatic carbocycles. The van der Waals surface area contributed by atoms with Gasteiger partial charge in [0.2, 0.25) is 0 Å². The highest BCUT2D eigenvalue weighted by Gasteiger charge is 2.21. The summed E-state index contributed by atoms with van der Waals surface area (Å²) >= 11 is 1.61. The lowest BCUT2D eigenvalue weighted by atomic mass is 10.0. The Hall–Kier alpha value is -1.80. The molecule has 0 fully saturated rings. The Kier molecular flexibility index (Phi) is 5.19. The lowest BCUT2D eigenvalue weighted by Crippen LogP contribution is -2.17. The molecular weight excluding hydrogens is 264 g/mol. The second-order valence-corrected chi connectivity index (χ2v) is 6.09. The van der Waals surface area contributed by atoms with Gasteiger partial charge in [-0.05, 0) is 25.5 Å². The first-order valence-corrected chi connectivity index (χ1v) is 7.50. The van der Waals surface area contributed by atoms with Crippen LogP contribution in [-0.4, -0.2) is 11.0 Å². The number of allylic oxidation sites excluding steroid dienone is 1. The lowest BCUT2D eigenvalue weighted by Gasteiger charge is -2.15. The second-order valence-electron chi connectivity index (χ2n) is 4.81. The molecule has 1 nitrogen and oxygen atoms in total. The maximum Gasteiger partial charge on any atom is 0.176 e. The Morgan fingerprint density at radius 2 is 1.60 bits per heavy atom. The number of ketones is 1. The smallest absolute Gasteiger partial charge is 0.176 e. The van der Waals surface area contributed by atoms with Gasteiger partial charge in [0.25, 0.3) is 0 Å². The number of thioether (sulfide) groups is 1. The normalized spacial score (nSPS) is 11.8. The summed E-state index contributed by atoms with van der Waals surface area (Å²) in [7, 11) is 0. The highest BCUT2D eigenvalue weighted by molar-refractivity contribution is 8.00. The first-order chi connectivity index (χ1) is 9.66. The summed E-state index contributed by atoms with van der Waals surface area (Å²) in [5.41, 5.74) is 1.80. The molecule has 2 rings (SSSR count). The molecule has 0 heterocycles. The Labute approximate surface area is 124 Å². The summed E-state index contributed by atoms with van der Waals surface area (Å²) in [6.45, 7) is 5.92. The number of hydrogen-bond acceptors (Lipinski definition) is 2. The number of hydrogen-bond donors (Lipinski definition) is 0. The van der Waals surface area contributed by atoms with Crippen LogP contribution in [0.3, 0.4) is 0 Å². The number of carbonyl (C=O) groups is 1. The van der Waals surface area contributed by atoms with Crippen LogP contribution in [0.5, 0.6) is 0 Å². The predicted molar refractivity (Wildman–Crippen MR) is 86.3 cm³/mol. The van der Waals surface area contributed by atoms with Crippen LogP contribution in [-0.2, 0) is 0 Å². The quantitative estimate of drug-likeness (QED) is 0.421. The standard InChI is InChI=1S/C18H18OS/c1-14(2)13-17(20-16-11-7-4-8-12-16)18(19)15-9-5-3-6-10-15/h3-12,17H,1,13H2,2H3. The Morgan fingerprint density at radius 1 is 1.05 bits per heavy atom.